The lowest BCUT2D eigenvalue weighted by atomic mass is 9.78. The highest BCUT2D eigenvalue weighted by Crippen LogP contribution is 2.38. The first-order valence-corrected chi connectivity index (χ1v) is 9.22. The van der Waals surface area contributed by atoms with E-state index < -0.39 is 0 Å². The standard InChI is InChI=1S/C25H28O/c1-15-11-17(3)19(5)23(13-15)25(21-7-9-22(26)10-8-21)24-14-16(2)12-18(4)20(24)6/h7-14,25-26H,1-6H3. The molecular formula is C25H28O. The van der Waals surface area contributed by atoms with Gasteiger partial charge >= 0.3 is 0 Å². The first-order chi connectivity index (χ1) is 12.3. The van der Waals surface area contributed by atoms with E-state index in [9.17, 15) is 5.11 Å². The minimum Gasteiger partial charge on any atom is -0.508 e. The molecule has 0 unspecified atom stereocenters. The van der Waals surface area contributed by atoms with Gasteiger partial charge in [0.2, 0.25) is 0 Å². The van der Waals surface area contributed by atoms with Crippen LogP contribution in [0.15, 0.2) is 48.5 Å². The van der Waals surface area contributed by atoms with Crippen molar-refractivity contribution in [1.29, 1.82) is 0 Å². The van der Waals surface area contributed by atoms with Crippen LogP contribution in [0, 0.1) is 41.5 Å². The number of aromatic hydroxyl groups is 1. The van der Waals surface area contributed by atoms with Crippen molar-refractivity contribution < 1.29 is 5.11 Å². The highest BCUT2D eigenvalue weighted by atomic mass is 16.3. The third-order valence-electron chi connectivity index (χ3n) is 5.55. The summed E-state index contributed by atoms with van der Waals surface area (Å²) >= 11 is 0. The second-order valence-electron chi connectivity index (χ2n) is 7.62. The van der Waals surface area contributed by atoms with E-state index >= 15 is 0 Å². The van der Waals surface area contributed by atoms with Crippen molar-refractivity contribution in [3.8, 4) is 5.75 Å². The zero-order chi connectivity index (χ0) is 19.0. The van der Waals surface area contributed by atoms with E-state index in [1.54, 1.807) is 12.1 Å². The number of aryl methyl sites for hydroxylation is 4. The van der Waals surface area contributed by atoms with Crippen LogP contribution in [0.4, 0.5) is 0 Å². The van der Waals surface area contributed by atoms with Gasteiger partial charge in [0.25, 0.3) is 0 Å². The summed E-state index contributed by atoms with van der Waals surface area (Å²) < 4.78 is 0. The fourth-order valence-electron chi connectivity index (χ4n) is 3.94. The Morgan fingerprint density at radius 1 is 0.615 bits per heavy atom. The molecular weight excluding hydrogens is 316 g/mol. The van der Waals surface area contributed by atoms with E-state index in [4.69, 9.17) is 0 Å². The molecule has 134 valence electrons. The fourth-order valence-corrected chi connectivity index (χ4v) is 3.94. The smallest absolute Gasteiger partial charge is 0.115 e. The largest absolute Gasteiger partial charge is 0.508 e. The number of hydrogen-bond acceptors (Lipinski definition) is 1. The third kappa shape index (κ3) is 3.39. The zero-order valence-corrected chi connectivity index (χ0v) is 16.6. The van der Waals surface area contributed by atoms with Crippen LogP contribution in [0.1, 0.15) is 56.0 Å². The molecule has 0 aliphatic heterocycles. The zero-order valence-electron chi connectivity index (χ0n) is 16.6. The van der Waals surface area contributed by atoms with Crippen LogP contribution in [0.5, 0.6) is 5.75 Å². The normalized spacial score (nSPS) is 11.2. The highest BCUT2D eigenvalue weighted by Gasteiger charge is 2.22. The molecule has 1 N–H and O–H groups in total. The summed E-state index contributed by atoms with van der Waals surface area (Å²) in [5, 5.41) is 9.77. The van der Waals surface area contributed by atoms with Gasteiger partial charge in [-0.05, 0) is 92.6 Å². The van der Waals surface area contributed by atoms with Gasteiger partial charge < -0.3 is 5.11 Å². The van der Waals surface area contributed by atoms with Crippen LogP contribution in [-0.4, -0.2) is 5.11 Å². The topological polar surface area (TPSA) is 20.2 Å². The van der Waals surface area contributed by atoms with Gasteiger partial charge in [0.1, 0.15) is 5.75 Å². The SMILES string of the molecule is Cc1cc(C)c(C)c(C(c2ccc(O)cc2)c2cc(C)cc(C)c2C)c1. The Morgan fingerprint density at radius 2 is 1.04 bits per heavy atom. The minimum absolute atomic E-state index is 0.160. The van der Waals surface area contributed by atoms with Crippen molar-refractivity contribution >= 4 is 0 Å². The Morgan fingerprint density at radius 3 is 1.46 bits per heavy atom. The monoisotopic (exact) mass is 344 g/mol. The average Bonchev–Trinajstić information content (AvgIpc) is 2.58. The maximum absolute atomic E-state index is 9.77. The lowest BCUT2D eigenvalue weighted by Gasteiger charge is -2.25. The molecule has 0 aromatic heterocycles. The summed E-state index contributed by atoms with van der Waals surface area (Å²) in [7, 11) is 0. The third-order valence-corrected chi connectivity index (χ3v) is 5.55. The second kappa shape index (κ2) is 6.99. The van der Waals surface area contributed by atoms with E-state index in [0.717, 1.165) is 0 Å². The van der Waals surface area contributed by atoms with Gasteiger partial charge in [0.05, 0.1) is 0 Å². The van der Waals surface area contributed by atoms with Crippen molar-refractivity contribution in [2.45, 2.75) is 47.5 Å². The Hall–Kier alpha value is -2.54. The van der Waals surface area contributed by atoms with Crippen LogP contribution in [0.3, 0.4) is 0 Å². The molecule has 0 heterocycles. The average molecular weight is 344 g/mol. The van der Waals surface area contributed by atoms with Gasteiger partial charge in [-0.3, -0.25) is 0 Å². The predicted octanol–water partition coefficient (Wildman–Crippen LogP) is 6.42. The Bertz CT molecular complexity index is 891. The van der Waals surface area contributed by atoms with Gasteiger partial charge in [-0.2, -0.15) is 0 Å². The van der Waals surface area contributed by atoms with E-state index in [1.807, 2.05) is 12.1 Å². The second-order valence-corrected chi connectivity index (χ2v) is 7.62. The molecule has 26 heavy (non-hydrogen) atoms. The minimum atomic E-state index is 0.160. The molecule has 0 bridgehead atoms. The van der Waals surface area contributed by atoms with Gasteiger partial charge in [0, 0.05) is 5.92 Å². The number of phenols is 1. The van der Waals surface area contributed by atoms with E-state index in [-0.39, 0.29) is 5.92 Å². The molecule has 1 heteroatoms. The Kier molecular flexibility index (Phi) is 4.91. The molecule has 0 amide bonds. The van der Waals surface area contributed by atoms with Crippen molar-refractivity contribution in [3.63, 3.8) is 0 Å². The summed E-state index contributed by atoms with van der Waals surface area (Å²) in [6.07, 6.45) is 0. The van der Waals surface area contributed by atoms with Gasteiger partial charge in [0.15, 0.2) is 0 Å². The molecule has 3 aromatic rings. The summed E-state index contributed by atoms with van der Waals surface area (Å²) in [4.78, 5) is 0. The van der Waals surface area contributed by atoms with Gasteiger partial charge in [-0.15, -0.1) is 0 Å². The summed E-state index contributed by atoms with van der Waals surface area (Å²) in [6, 6.07) is 16.8. The molecule has 1 nitrogen and oxygen atoms in total. The van der Waals surface area contributed by atoms with Crippen molar-refractivity contribution in [2.24, 2.45) is 0 Å². The van der Waals surface area contributed by atoms with Crippen LogP contribution >= 0.6 is 0 Å². The Labute approximate surface area is 157 Å². The molecule has 0 atom stereocenters. The number of rotatable bonds is 3. The summed E-state index contributed by atoms with van der Waals surface area (Å²) in [5.41, 5.74) is 11.8. The molecule has 3 rings (SSSR count). The summed E-state index contributed by atoms with van der Waals surface area (Å²) in [6.45, 7) is 13.1. The maximum atomic E-state index is 9.77. The van der Waals surface area contributed by atoms with Crippen LogP contribution in [0.25, 0.3) is 0 Å². The highest BCUT2D eigenvalue weighted by molar-refractivity contribution is 5.53. The molecule has 0 radical (unpaired) electrons. The predicted molar refractivity (Wildman–Crippen MR) is 110 cm³/mol. The van der Waals surface area contributed by atoms with E-state index in [0.29, 0.717) is 5.75 Å². The molecule has 0 saturated heterocycles. The first kappa shape index (κ1) is 18.3. The fraction of sp³-hybridized carbons (Fsp3) is 0.280. The molecule has 3 aromatic carbocycles. The molecule has 0 saturated carbocycles. The molecule has 0 aliphatic carbocycles. The number of benzene rings is 3. The van der Waals surface area contributed by atoms with Crippen LogP contribution in [-0.2, 0) is 0 Å². The lowest BCUT2D eigenvalue weighted by molar-refractivity contribution is 0.475. The maximum Gasteiger partial charge on any atom is 0.115 e. The Balaban J connectivity index is 2.33. The summed E-state index contributed by atoms with van der Waals surface area (Å²) in [5.74, 6) is 0.467. The van der Waals surface area contributed by atoms with Gasteiger partial charge in [-0.25, -0.2) is 0 Å². The first-order valence-electron chi connectivity index (χ1n) is 9.22. The lowest BCUT2D eigenvalue weighted by Crippen LogP contribution is -2.09. The van der Waals surface area contributed by atoms with Gasteiger partial charge in [-0.1, -0.05) is 47.5 Å². The van der Waals surface area contributed by atoms with E-state index in [2.05, 4.69) is 65.8 Å². The van der Waals surface area contributed by atoms with Crippen molar-refractivity contribution in [1.82, 2.24) is 0 Å². The van der Waals surface area contributed by atoms with Crippen molar-refractivity contribution in [3.05, 3.63) is 98.6 Å². The number of phenolic OH excluding ortho intramolecular Hbond substituents is 1. The molecule has 0 aliphatic rings. The number of hydrogen-bond donors (Lipinski definition) is 1. The van der Waals surface area contributed by atoms with E-state index in [1.165, 1.54) is 50.1 Å². The van der Waals surface area contributed by atoms with Crippen LogP contribution < -0.4 is 0 Å². The van der Waals surface area contributed by atoms with Crippen LogP contribution in [0.2, 0.25) is 0 Å². The molecule has 0 spiro atoms. The van der Waals surface area contributed by atoms with Crippen molar-refractivity contribution in [2.75, 3.05) is 0 Å². The quantitative estimate of drug-likeness (QED) is 0.543. The molecule has 0 fully saturated rings.